The van der Waals surface area contributed by atoms with Gasteiger partial charge in [-0.05, 0) is 83.8 Å². The van der Waals surface area contributed by atoms with Crippen molar-refractivity contribution in [2.24, 2.45) is 0 Å². The summed E-state index contributed by atoms with van der Waals surface area (Å²) < 4.78 is 44.3. The highest BCUT2D eigenvalue weighted by Gasteiger charge is 2.15. The molecule has 0 amide bonds. The maximum Gasteiger partial charge on any atom is 0.240 e. The van der Waals surface area contributed by atoms with Crippen LogP contribution < -0.4 is 11.1 Å². The molecule has 6 aromatic heterocycles. The summed E-state index contributed by atoms with van der Waals surface area (Å²) in [6.07, 6.45) is 8.61. The van der Waals surface area contributed by atoms with Crippen molar-refractivity contribution in [3.05, 3.63) is 88.5 Å². The topological polar surface area (TPSA) is 125 Å². The van der Waals surface area contributed by atoms with Crippen LogP contribution in [0.1, 0.15) is 39.8 Å². The number of aromatic nitrogens is 8. The summed E-state index contributed by atoms with van der Waals surface area (Å²) in [5.41, 5.74) is 8.29. The Morgan fingerprint density at radius 1 is 0.767 bits per heavy atom. The molecule has 0 saturated carbocycles. The Morgan fingerprint density at radius 2 is 1.30 bits per heavy atom. The molecule has 0 saturated heterocycles. The van der Waals surface area contributed by atoms with Crippen molar-refractivity contribution >= 4 is 71.1 Å². The highest BCUT2D eigenvalue weighted by molar-refractivity contribution is 9.10. The fraction of sp³-hybridized carbons (Fsp3) is 0.214. The fourth-order valence-electron chi connectivity index (χ4n) is 3.88. The van der Waals surface area contributed by atoms with E-state index >= 15 is 0 Å². The summed E-state index contributed by atoms with van der Waals surface area (Å²) in [6, 6.07) is 6.92. The molecule has 0 aliphatic carbocycles. The average Bonchev–Trinajstić information content (AvgIpc) is 3.57. The van der Waals surface area contributed by atoms with Crippen LogP contribution >= 0.6 is 31.9 Å². The van der Waals surface area contributed by atoms with Crippen molar-refractivity contribution in [3.8, 4) is 0 Å². The van der Waals surface area contributed by atoms with E-state index < -0.39 is 17.6 Å². The normalized spacial score (nSPS) is 11.0. The minimum atomic E-state index is -0.486. The minimum absolute atomic E-state index is 0.139. The number of anilines is 3. The number of nitrogens with two attached hydrogens (primary N) is 1. The van der Waals surface area contributed by atoms with Crippen LogP contribution in [-0.4, -0.2) is 39.0 Å². The first-order chi connectivity index (χ1) is 20.5. The van der Waals surface area contributed by atoms with Crippen molar-refractivity contribution in [2.45, 2.75) is 39.8 Å². The molecule has 224 valence electrons. The van der Waals surface area contributed by atoms with Gasteiger partial charge >= 0.3 is 0 Å². The summed E-state index contributed by atoms with van der Waals surface area (Å²) in [5, 5.41) is 3.02. The molecule has 0 spiro atoms. The highest BCUT2D eigenvalue weighted by Crippen LogP contribution is 2.29. The number of nitrogens with one attached hydrogen (secondary N) is 1. The highest BCUT2D eigenvalue weighted by atomic mass is 79.9. The zero-order valence-corrected chi connectivity index (χ0v) is 26.6. The molecule has 43 heavy (non-hydrogen) atoms. The summed E-state index contributed by atoms with van der Waals surface area (Å²) in [4.78, 5) is 23.8. The lowest BCUT2D eigenvalue weighted by Crippen LogP contribution is -2.04. The largest absolute Gasteiger partial charge is 0.396 e. The van der Waals surface area contributed by atoms with Gasteiger partial charge in [0.25, 0.3) is 0 Å². The van der Waals surface area contributed by atoms with Crippen LogP contribution in [0.4, 0.5) is 30.4 Å². The van der Waals surface area contributed by atoms with E-state index in [2.05, 4.69) is 80.9 Å². The number of nitrogen functional groups attached to an aromatic ring is 1. The molecule has 0 radical (unpaired) electrons. The van der Waals surface area contributed by atoms with E-state index in [0.29, 0.717) is 31.7 Å². The molecule has 6 heterocycles. The Morgan fingerprint density at radius 3 is 1.84 bits per heavy atom. The summed E-state index contributed by atoms with van der Waals surface area (Å²) in [5.74, 6) is -0.827. The predicted molar refractivity (Wildman–Crippen MR) is 167 cm³/mol. The van der Waals surface area contributed by atoms with Gasteiger partial charge in [0, 0.05) is 24.5 Å². The Kier molecular flexibility index (Phi) is 10.3. The molecular formula is C28H27Br2F3N10. The standard InChI is InChI=1S/C14H13BrFN5.C9H9BrFN3.C5H5FN2/c1-8(2)21-7-18-11-5-12(15)20-14(13(11)21)19-10-3-4-17-6-9(10)16;1-5(2)14-4-12-6-3-7(10)13-9(11)8(6)14;6-4-3-8-2-1-5(4)7/h3-8H,1-2H3,(H,17,19,20);3-5H,1-2H3;1-3H,(H2,7,8). The molecule has 0 fully saturated rings. The molecule has 15 heteroatoms. The van der Waals surface area contributed by atoms with Crippen LogP contribution in [0, 0.1) is 17.6 Å². The van der Waals surface area contributed by atoms with Crippen LogP contribution in [0.15, 0.2) is 70.9 Å². The van der Waals surface area contributed by atoms with E-state index in [-0.39, 0.29) is 17.8 Å². The summed E-state index contributed by atoms with van der Waals surface area (Å²) >= 11 is 6.48. The molecule has 0 bridgehead atoms. The van der Waals surface area contributed by atoms with Crippen molar-refractivity contribution in [1.29, 1.82) is 0 Å². The van der Waals surface area contributed by atoms with Crippen LogP contribution in [0.5, 0.6) is 0 Å². The van der Waals surface area contributed by atoms with Gasteiger partial charge in [-0.3, -0.25) is 9.97 Å². The number of halogens is 5. The van der Waals surface area contributed by atoms with Gasteiger partial charge in [-0.15, -0.1) is 0 Å². The average molecular weight is 720 g/mol. The zero-order chi connectivity index (χ0) is 31.3. The van der Waals surface area contributed by atoms with Gasteiger partial charge in [-0.1, -0.05) is 0 Å². The van der Waals surface area contributed by atoms with Gasteiger partial charge < -0.3 is 20.2 Å². The Balaban J connectivity index is 0.000000165. The predicted octanol–water partition coefficient (Wildman–Crippen LogP) is 7.77. The number of pyridine rings is 4. The maximum atomic E-state index is 13.8. The second-order valence-electron chi connectivity index (χ2n) is 9.63. The van der Waals surface area contributed by atoms with Gasteiger partial charge in [0.05, 0.1) is 47.5 Å². The van der Waals surface area contributed by atoms with Gasteiger partial charge in [0.15, 0.2) is 17.5 Å². The van der Waals surface area contributed by atoms with Crippen molar-refractivity contribution in [3.63, 3.8) is 0 Å². The van der Waals surface area contributed by atoms with E-state index in [0.717, 1.165) is 23.4 Å². The molecule has 0 atom stereocenters. The quantitative estimate of drug-likeness (QED) is 0.177. The smallest absolute Gasteiger partial charge is 0.240 e. The molecule has 10 nitrogen and oxygen atoms in total. The van der Waals surface area contributed by atoms with Crippen molar-refractivity contribution < 1.29 is 13.2 Å². The number of rotatable bonds is 4. The van der Waals surface area contributed by atoms with E-state index in [1.165, 1.54) is 18.5 Å². The lowest BCUT2D eigenvalue weighted by molar-refractivity contribution is 0.561. The molecule has 0 aromatic carbocycles. The number of nitrogens with zero attached hydrogens (tertiary/aromatic N) is 8. The fourth-order valence-corrected chi connectivity index (χ4v) is 4.64. The van der Waals surface area contributed by atoms with E-state index in [9.17, 15) is 13.2 Å². The number of hydrogen-bond donors (Lipinski definition) is 2. The number of fused-ring (bicyclic) bond motifs is 2. The Hall–Kier alpha value is -4.11. The van der Waals surface area contributed by atoms with Gasteiger partial charge in [0.1, 0.15) is 20.2 Å². The first-order valence-electron chi connectivity index (χ1n) is 12.9. The van der Waals surface area contributed by atoms with E-state index in [4.69, 9.17) is 5.73 Å². The van der Waals surface area contributed by atoms with E-state index in [1.807, 2.05) is 24.5 Å². The summed E-state index contributed by atoms with van der Waals surface area (Å²) in [7, 11) is 0. The lowest BCUT2D eigenvalue weighted by Gasteiger charge is -2.13. The van der Waals surface area contributed by atoms with E-state index in [1.54, 1.807) is 29.4 Å². The monoisotopic (exact) mass is 718 g/mol. The maximum absolute atomic E-state index is 13.8. The van der Waals surface area contributed by atoms with Crippen LogP contribution in [0.2, 0.25) is 0 Å². The molecule has 0 aliphatic rings. The lowest BCUT2D eigenvalue weighted by atomic mass is 10.3. The zero-order valence-electron chi connectivity index (χ0n) is 23.5. The first kappa shape index (κ1) is 31.8. The Bertz CT molecular complexity index is 1840. The third-order valence-electron chi connectivity index (χ3n) is 5.94. The van der Waals surface area contributed by atoms with Crippen molar-refractivity contribution in [1.82, 2.24) is 39.0 Å². The van der Waals surface area contributed by atoms with Gasteiger partial charge in [-0.2, -0.15) is 4.39 Å². The molecule has 6 rings (SSSR count). The second kappa shape index (κ2) is 13.9. The third-order valence-corrected chi connectivity index (χ3v) is 6.75. The second-order valence-corrected chi connectivity index (χ2v) is 11.3. The molecule has 0 aliphatic heterocycles. The van der Waals surface area contributed by atoms with Crippen LogP contribution in [0.25, 0.3) is 22.1 Å². The molecule has 6 aromatic rings. The minimum Gasteiger partial charge on any atom is -0.396 e. The van der Waals surface area contributed by atoms with Crippen LogP contribution in [0.3, 0.4) is 0 Å². The first-order valence-corrected chi connectivity index (χ1v) is 14.5. The SMILES string of the molecule is CC(C)n1cnc2cc(Br)nc(F)c21.CC(C)n1cnc2cc(Br)nc(Nc3ccncc3F)c21.Nc1ccncc1F. The van der Waals surface area contributed by atoms with Crippen molar-refractivity contribution in [2.75, 3.05) is 11.1 Å². The molecular weight excluding hydrogens is 693 g/mol. The van der Waals surface area contributed by atoms with Gasteiger partial charge in [0.2, 0.25) is 5.95 Å². The summed E-state index contributed by atoms with van der Waals surface area (Å²) in [6.45, 7) is 8.06. The third kappa shape index (κ3) is 7.65. The Labute approximate surface area is 261 Å². The number of imidazole rings is 2. The molecule has 3 N–H and O–H groups in total. The van der Waals surface area contributed by atoms with Crippen LogP contribution in [-0.2, 0) is 0 Å². The number of hydrogen-bond acceptors (Lipinski definition) is 8. The van der Waals surface area contributed by atoms with Gasteiger partial charge in [-0.25, -0.2) is 28.7 Å². The molecule has 0 unspecified atom stereocenters.